The molecule has 5 nitrogen and oxygen atoms in total. The maximum absolute atomic E-state index is 6.51. The molecule has 6 aromatic carbocycles. The van der Waals surface area contributed by atoms with Gasteiger partial charge in [-0.1, -0.05) is 122 Å². The number of rotatable bonds is 6. The molecule has 0 aliphatic rings. The Kier molecular flexibility index (Phi) is 6.80. The second-order valence-electron chi connectivity index (χ2n) is 13.1. The molecule has 0 saturated carbocycles. The average Bonchev–Trinajstić information content (AvgIpc) is 3.84. The number of fused-ring (bicyclic) bond motifs is 8. The fourth-order valence-electron chi connectivity index (χ4n) is 7.78. The van der Waals surface area contributed by atoms with E-state index in [0.717, 1.165) is 67.0 Å². The van der Waals surface area contributed by atoms with Crippen molar-refractivity contribution >= 4 is 60.7 Å². The molecule has 52 heavy (non-hydrogen) atoms. The van der Waals surface area contributed by atoms with Crippen LogP contribution >= 0.6 is 0 Å². The van der Waals surface area contributed by atoms with Crippen molar-refractivity contribution in [1.82, 2.24) is 19.1 Å². The van der Waals surface area contributed by atoms with Crippen molar-refractivity contribution in [3.63, 3.8) is 0 Å². The quantitative estimate of drug-likeness (QED) is 0.166. The molecule has 4 aromatic heterocycles. The largest absolute Gasteiger partial charge is 0.456 e. The number of nitrogens with zero attached hydrogens (tertiary/aromatic N) is 4. The average molecular weight is 669 g/mol. The highest BCUT2D eigenvalue weighted by atomic mass is 16.3. The predicted molar refractivity (Wildman–Crippen MR) is 215 cm³/mol. The molecular formula is C47H32N4O. The Bertz CT molecular complexity index is 3030. The summed E-state index contributed by atoms with van der Waals surface area (Å²) in [7, 11) is 0. The fraction of sp³-hybridized carbons (Fsp3) is 0.0213. The fourth-order valence-corrected chi connectivity index (χ4v) is 7.78. The molecule has 0 unspecified atom stereocenters. The number of furan rings is 1. The summed E-state index contributed by atoms with van der Waals surface area (Å²) < 4.78 is 11.2. The van der Waals surface area contributed by atoms with E-state index in [0.29, 0.717) is 5.82 Å². The predicted octanol–water partition coefficient (Wildman–Crippen LogP) is 12.3. The van der Waals surface area contributed by atoms with E-state index in [9.17, 15) is 0 Å². The zero-order valence-electron chi connectivity index (χ0n) is 28.5. The highest BCUT2D eigenvalue weighted by Crippen LogP contribution is 2.42. The van der Waals surface area contributed by atoms with Gasteiger partial charge >= 0.3 is 0 Å². The second kappa shape index (κ2) is 11.8. The number of allylic oxidation sites excluding steroid dienone is 2. The molecular weight excluding hydrogens is 637 g/mol. The molecule has 0 N–H and O–H groups in total. The highest BCUT2D eigenvalue weighted by molar-refractivity contribution is 6.26. The molecule has 0 radical (unpaired) electrons. The monoisotopic (exact) mass is 668 g/mol. The maximum Gasteiger partial charge on any atom is 0.165 e. The van der Waals surface area contributed by atoms with E-state index in [1.54, 1.807) is 6.08 Å². The van der Waals surface area contributed by atoms with Crippen LogP contribution in [-0.4, -0.2) is 19.1 Å². The van der Waals surface area contributed by atoms with Gasteiger partial charge in [-0.25, -0.2) is 9.97 Å². The summed E-state index contributed by atoms with van der Waals surface area (Å²) in [5.74, 6) is 2.17. The van der Waals surface area contributed by atoms with Crippen LogP contribution in [0.3, 0.4) is 0 Å². The molecule has 4 heterocycles. The molecule has 0 amide bonds. The van der Waals surface area contributed by atoms with Gasteiger partial charge in [0.25, 0.3) is 0 Å². The summed E-state index contributed by atoms with van der Waals surface area (Å²) in [6, 6.07) is 51.1. The Morgan fingerprint density at radius 2 is 1.31 bits per heavy atom. The van der Waals surface area contributed by atoms with Crippen LogP contribution in [0.2, 0.25) is 0 Å². The molecule has 10 rings (SSSR count). The van der Waals surface area contributed by atoms with Crippen LogP contribution in [-0.2, 0) is 0 Å². The molecule has 0 bridgehead atoms. The maximum atomic E-state index is 6.51. The SMILES string of the molecule is C=C/C=C\c1oc2c(-c3nc(-c4ccccc4)cc(-n4c5ccccc5c5c4ccc4c6ccccc6n(-c6ccccc6)c45)n3)cccc2c1C. The van der Waals surface area contributed by atoms with Crippen molar-refractivity contribution < 1.29 is 4.42 Å². The van der Waals surface area contributed by atoms with Gasteiger partial charge in [-0.05, 0) is 49.4 Å². The molecule has 0 fully saturated rings. The lowest BCUT2D eigenvalue weighted by molar-refractivity contribution is 0.602. The minimum absolute atomic E-state index is 0.598. The van der Waals surface area contributed by atoms with Crippen LogP contribution in [0.15, 0.2) is 169 Å². The molecule has 0 aliphatic carbocycles. The van der Waals surface area contributed by atoms with Crippen LogP contribution in [0.5, 0.6) is 0 Å². The molecule has 5 heteroatoms. The lowest BCUT2D eigenvalue weighted by Gasteiger charge is -2.12. The van der Waals surface area contributed by atoms with Crippen molar-refractivity contribution in [2.24, 2.45) is 0 Å². The standard InChI is InChI=1S/C47H32N4O/c1-3-4-26-42-30(2)33-22-15-23-37(46(33)52-42)47-48-38(31-16-7-5-8-17-31)29-43(49-47)51-40-25-14-12-21-36(40)44-41(51)28-27-35-34-20-11-13-24-39(34)50(45(35)44)32-18-9-6-10-19-32/h3-29H,1H2,2H3/b26-4-. The van der Waals surface area contributed by atoms with Gasteiger partial charge in [-0.2, -0.15) is 0 Å². The van der Waals surface area contributed by atoms with E-state index in [2.05, 4.69) is 144 Å². The Morgan fingerprint density at radius 1 is 0.615 bits per heavy atom. The van der Waals surface area contributed by atoms with Crippen molar-refractivity contribution in [3.8, 4) is 34.2 Å². The Morgan fingerprint density at radius 3 is 2.10 bits per heavy atom. The minimum atomic E-state index is 0.598. The zero-order chi connectivity index (χ0) is 34.8. The molecule has 0 aliphatic heterocycles. The first-order valence-electron chi connectivity index (χ1n) is 17.5. The van der Waals surface area contributed by atoms with Crippen molar-refractivity contribution in [2.45, 2.75) is 6.92 Å². The van der Waals surface area contributed by atoms with Crippen LogP contribution in [0.1, 0.15) is 11.3 Å². The number of benzene rings is 6. The second-order valence-corrected chi connectivity index (χ2v) is 13.1. The van der Waals surface area contributed by atoms with Crippen molar-refractivity contribution in [2.75, 3.05) is 0 Å². The van der Waals surface area contributed by atoms with E-state index in [1.807, 2.05) is 36.4 Å². The molecule has 0 spiro atoms. The van der Waals surface area contributed by atoms with Crippen LogP contribution < -0.4 is 0 Å². The van der Waals surface area contributed by atoms with Gasteiger partial charge in [0.2, 0.25) is 0 Å². The van der Waals surface area contributed by atoms with E-state index in [4.69, 9.17) is 14.4 Å². The minimum Gasteiger partial charge on any atom is -0.456 e. The Labute approximate surface area is 300 Å². The summed E-state index contributed by atoms with van der Waals surface area (Å²) in [5, 5.41) is 5.80. The first kappa shape index (κ1) is 29.9. The van der Waals surface area contributed by atoms with E-state index in [1.165, 1.54) is 27.2 Å². The normalized spacial score (nSPS) is 11.9. The summed E-state index contributed by atoms with van der Waals surface area (Å²) in [6.45, 7) is 5.92. The Hall–Kier alpha value is -6.98. The third-order valence-electron chi connectivity index (χ3n) is 10.1. The molecule has 0 atom stereocenters. The molecule has 10 aromatic rings. The summed E-state index contributed by atoms with van der Waals surface area (Å²) in [5.41, 5.74) is 10.1. The highest BCUT2D eigenvalue weighted by Gasteiger charge is 2.23. The van der Waals surface area contributed by atoms with Crippen molar-refractivity contribution in [3.05, 3.63) is 176 Å². The Balaban J connectivity index is 1.31. The lowest BCUT2D eigenvalue weighted by atomic mass is 10.1. The number of hydrogen-bond donors (Lipinski definition) is 0. The smallest absolute Gasteiger partial charge is 0.165 e. The van der Waals surface area contributed by atoms with E-state index >= 15 is 0 Å². The molecule has 0 saturated heterocycles. The van der Waals surface area contributed by atoms with Crippen LogP contribution in [0.4, 0.5) is 0 Å². The van der Waals surface area contributed by atoms with Gasteiger partial charge < -0.3 is 8.98 Å². The molecule has 246 valence electrons. The van der Waals surface area contributed by atoms with Crippen LogP contribution in [0.25, 0.3) is 94.8 Å². The zero-order valence-corrected chi connectivity index (χ0v) is 28.5. The first-order chi connectivity index (χ1) is 25.7. The summed E-state index contributed by atoms with van der Waals surface area (Å²) >= 11 is 0. The number of aromatic nitrogens is 4. The third kappa shape index (κ3) is 4.49. The van der Waals surface area contributed by atoms with Gasteiger partial charge in [0, 0.05) is 49.8 Å². The van der Waals surface area contributed by atoms with E-state index in [-0.39, 0.29) is 0 Å². The summed E-state index contributed by atoms with van der Waals surface area (Å²) in [4.78, 5) is 10.6. The van der Waals surface area contributed by atoms with Gasteiger partial charge in [-0.15, -0.1) is 0 Å². The topological polar surface area (TPSA) is 48.8 Å². The summed E-state index contributed by atoms with van der Waals surface area (Å²) in [6.07, 6.45) is 5.60. The number of para-hydroxylation sites is 4. The van der Waals surface area contributed by atoms with Crippen molar-refractivity contribution in [1.29, 1.82) is 0 Å². The van der Waals surface area contributed by atoms with Gasteiger partial charge in [0.05, 0.1) is 33.3 Å². The first-order valence-corrected chi connectivity index (χ1v) is 17.5. The number of aryl methyl sites for hydroxylation is 1. The number of hydrogen-bond acceptors (Lipinski definition) is 3. The van der Waals surface area contributed by atoms with Crippen LogP contribution in [0, 0.1) is 6.92 Å². The lowest BCUT2D eigenvalue weighted by Crippen LogP contribution is -2.02. The van der Waals surface area contributed by atoms with E-state index < -0.39 is 0 Å². The van der Waals surface area contributed by atoms with Gasteiger partial charge in [0.1, 0.15) is 17.2 Å². The van der Waals surface area contributed by atoms with Gasteiger partial charge in [-0.3, -0.25) is 4.57 Å². The van der Waals surface area contributed by atoms with Gasteiger partial charge in [0.15, 0.2) is 5.82 Å². The third-order valence-corrected chi connectivity index (χ3v) is 10.1.